The van der Waals surface area contributed by atoms with Crippen LogP contribution in [0.15, 0.2) is 35.1 Å². The summed E-state index contributed by atoms with van der Waals surface area (Å²) in [5.41, 5.74) is 1.87. The molecule has 0 aliphatic rings. The molecular weight excluding hydrogens is 254 g/mol. The summed E-state index contributed by atoms with van der Waals surface area (Å²) >= 11 is 0. The van der Waals surface area contributed by atoms with Crippen LogP contribution in [0.4, 0.5) is 5.69 Å². The Bertz CT molecular complexity index is 496. The quantitative estimate of drug-likeness (QED) is 0.813. The minimum Gasteiger partial charge on any atom is -0.423 e. The molecule has 108 valence electrons. The molecule has 0 spiro atoms. The van der Waals surface area contributed by atoms with E-state index in [2.05, 4.69) is 29.4 Å². The van der Waals surface area contributed by atoms with Gasteiger partial charge in [0, 0.05) is 23.2 Å². The monoisotopic (exact) mass is 275 g/mol. The van der Waals surface area contributed by atoms with Crippen molar-refractivity contribution in [1.29, 1.82) is 0 Å². The maximum atomic E-state index is 9.56. The molecule has 2 N–H and O–H groups in total. The Hall–Kier alpha value is -1.88. The third kappa shape index (κ3) is 3.17. The third-order valence-corrected chi connectivity index (χ3v) is 3.99. The van der Waals surface area contributed by atoms with Crippen LogP contribution in [0.5, 0.6) is 0 Å². The number of rotatable bonds is 7. The number of nitrogens with one attached hydrogen (secondary N) is 1. The summed E-state index contributed by atoms with van der Waals surface area (Å²) in [5.74, 6) is 0.517. The molecule has 0 aliphatic carbocycles. The number of benzene rings is 1. The van der Waals surface area contributed by atoms with E-state index in [1.54, 1.807) is 0 Å². The number of aliphatic hydroxyl groups is 1. The van der Waals surface area contributed by atoms with Crippen molar-refractivity contribution in [2.75, 3.05) is 18.5 Å². The van der Waals surface area contributed by atoms with Gasteiger partial charge in [-0.05, 0) is 37.1 Å². The standard InChI is InChI=1S/C15H21N3O2/c1-3-15(4-2,10-19)9-16-13-7-5-12(6-8-13)14-18-17-11-20-14/h5-8,11,16,19H,3-4,9-10H2,1-2H3. The zero-order valence-corrected chi connectivity index (χ0v) is 12.0. The fourth-order valence-electron chi connectivity index (χ4n) is 2.10. The fourth-order valence-corrected chi connectivity index (χ4v) is 2.10. The van der Waals surface area contributed by atoms with Crippen LogP contribution in [-0.2, 0) is 0 Å². The molecule has 5 heteroatoms. The number of aliphatic hydroxyl groups excluding tert-OH is 1. The third-order valence-electron chi connectivity index (χ3n) is 3.99. The van der Waals surface area contributed by atoms with Crippen molar-refractivity contribution >= 4 is 5.69 Å². The molecule has 5 nitrogen and oxygen atoms in total. The Kier molecular flexibility index (Phi) is 4.74. The lowest BCUT2D eigenvalue weighted by Crippen LogP contribution is -2.32. The smallest absolute Gasteiger partial charge is 0.247 e. The molecule has 0 saturated heterocycles. The maximum absolute atomic E-state index is 9.56. The van der Waals surface area contributed by atoms with Gasteiger partial charge in [-0.25, -0.2) is 0 Å². The van der Waals surface area contributed by atoms with E-state index >= 15 is 0 Å². The van der Waals surface area contributed by atoms with Gasteiger partial charge in [0.2, 0.25) is 12.3 Å². The van der Waals surface area contributed by atoms with E-state index in [1.165, 1.54) is 6.39 Å². The van der Waals surface area contributed by atoms with Crippen LogP contribution in [0.1, 0.15) is 26.7 Å². The second-order valence-corrected chi connectivity index (χ2v) is 5.04. The van der Waals surface area contributed by atoms with E-state index in [0.717, 1.165) is 30.6 Å². The van der Waals surface area contributed by atoms with Crippen LogP contribution < -0.4 is 5.32 Å². The van der Waals surface area contributed by atoms with Gasteiger partial charge in [0.05, 0.1) is 6.61 Å². The number of anilines is 1. The number of nitrogens with zero attached hydrogens (tertiary/aromatic N) is 2. The first-order chi connectivity index (χ1) is 9.73. The van der Waals surface area contributed by atoms with E-state index in [1.807, 2.05) is 24.3 Å². The molecule has 2 rings (SSSR count). The van der Waals surface area contributed by atoms with Gasteiger partial charge in [0.25, 0.3) is 0 Å². The molecule has 1 aromatic carbocycles. The first kappa shape index (κ1) is 14.5. The highest BCUT2D eigenvalue weighted by Gasteiger charge is 2.24. The molecule has 2 aromatic rings. The Labute approximate surface area is 119 Å². The molecule has 20 heavy (non-hydrogen) atoms. The van der Waals surface area contributed by atoms with Crippen LogP contribution in [0.3, 0.4) is 0 Å². The summed E-state index contributed by atoms with van der Waals surface area (Å²) < 4.78 is 5.15. The van der Waals surface area contributed by atoms with Crippen LogP contribution in [0.25, 0.3) is 11.5 Å². The minimum atomic E-state index is -0.0504. The van der Waals surface area contributed by atoms with Crippen molar-refractivity contribution in [2.24, 2.45) is 5.41 Å². The molecule has 0 atom stereocenters. The van der Waals surface area contributed by atoms with Crippen molar-refractivity contribution in [1.82, 2.24) is 10.2 Å². The lowest BCUT2D eigenvalue weighted by molar-refractivity contribution is 0.127. The summed E-state index contributed by atoms with van der Waals surface area (Å²) in [5, 5.41) is 20.5. The van der Waals surface area contributed by atoms with Crippen LogP contribution in [0, 0.1) is 5.41 Å². The van der Waals surface area contributed by atoms with Gasteiger partial charge in [0.1, 0.15) is 0 Å². The van der Waals surface area contributed by atoms with Crippen molar-refractivity contribution in [3.05, 3.63) is 30.7 Å². The lowest BCUT2D eigenvalue weighted by Gasteiger charge is -2.30. The van der Waals surface area contributed by atoms with Crippen molar-refractivity contribution in [3.63, 3.8) is 0 Å². The van der Waals surface area contributed by atoms with Crippen molar-refractivity contribution in [3.8, 4) is 11.5 Å². The number of aromatic nitrogens is 2. The molecule has 0 radical (unpaired) electrons. The highest BCUT2D eigenvalue weighted by molar-refractivity contribution is 5.58. The van der Waals surface area contributed by atoms with Crippen molar-refractivity contribution < 1.29 is 9.52 Å². The Morgan fingerprint density at radius 2 is 1.90 bits per heavy atom. The zero-order chi connectivity index (χ0) is 14.4. The normalized spacial score (nSPS) is 11.6. The molecule has 0 aliphatic heterocycles. The van der Waals surface area contributed by atoms with E-state index in [0.29, 0.717) is 5.89 Å². The van der Waals surface area contributed by atoms with E-state index < -0.39 is 0 Å². The summed E-state index contributed by atoms with van der Waals surface area (Å²) in [4.78, 5) is 0. The topological polar surface area (TPSA) is 71.2 Å². The first-order valence-corrected chi connectivity index (χ1v) is 6.94. The second kappa shape index (κ2) is 6.52. The first-order valence-electron chi connectivity index (χ1n) is 6.94. The molecular formula is C15H21N3O2. The molecule has 0 fully saturated rings. The van der Waals surface area contributed by atoms with Gasteiger partial charge in [-0.1, -0.05) is 13.8 Å². The molecule has 1 aromatic heterocycles. The van der Waals surface area contributed by atoms with Gasteiger partial charge in [-0.3, -0.25) is 0 Å². The van der Waals surface area contributed by atoms with E-state index in [4.69, 9.17) is 4.42 Å². The molecule has 0 amide bonds. The summed E-state index contributed by atoms with van der Waals surface area (Å²) in [7, 11) is 0. The minimum absolute atomic E-state index is 0.0504. The van der Waals surface area contributed by atoms with Crippen LogP contribution >= 0.6 is 0 Å². The summed E-state index contributed by atoms with van der Waals surface area (Å²) in [6, 6.07) is 7.84. The molecule has 1 heterocycles. The van der Waals surface area contributed by atoms with Crippen molar-refractivity contribution in [2.45, 2.75) is 26.7 Å². The van der Waals surface area contributed by atoms with Crippen LogP contribution in [0.2, 0.25) is 0 Å². The van der Waals surface area contributed by atoms with E-state index in [-0.39, 0.29) is 12.0 Å². The highest BCUT2D eigenvalue weighted by atomic mass is 16.4. The molecule has 0 saturated carbocycles. The van der Waals surface area contributed by atoms with Gasteiger partial charge < -0.3 is 14.8 Å². The highest BCUT2D eigenvalue weighted by Crippen LogP contribution is 2.26. The Morgan fingerprint density at radius 3 is 2.40 bits per heavy atom. The SMILES string of the molecule is CCC(CC)(CO)CNc1ccc(-c2nnco2)cc1. The number of hydrogen-bond acceptors (Lipinski definition) is 5. The summed E-state index contributed by atoms with van der Waals surface area (Å²) in [6.45, 7) is 5.18. The Morgan fingerprint density at radius 1 is 1.20 bits per heavy atom. The zero-order valence-electron chi connectivity index (χ0n) is 12.0. The lowest BCUT2D eigenvalue weighted by atomic mass is 9.83. The second-order valence-electron chi connectivity index (χ2n) is 5.04. The van der Waals surface area contributed by atoms with Gasteiger partial charge in [-0.2, -0.15) is 0 Å². The van der Waals surface area contributed by atoms with Crippen LogP contribution in [-0.4, -0.2) is 28.5 Å². The van der Waals surface area contributed by atoms with Gasteiger partial charge >= 0.3 is 0 Å². The molecule has 0 bridgehead atoms. The van der Waals surface area contributed by atoms with Gasteiger partial charge in [-0.15, -0.1) is 10.2 Å². The van der Waals surface area contributed by atoms with Gasteiger partial charge in [0.15, 0.2) is 0 Å². The maximum Gasteiger partial charge on any atom is 0.247 e. The van der Waals surface area contributed by atoms with E-state index in [9.17, 15) is 5.11 Å². The summed E-state index contributed by atoms with van der Waals surface area (Å²) in [6.07, 6.45) is 3.22. The fraction of sp³-hybridized carbons (Fsp3) is 0.467. The predicted molar refractivity (Wildman–Crippen MR) is 78.3 cm³/mol. The largest absolute Gasteiger partial charge is 0.423 e. The number of hydrogen-bond donors (Lipinski definition) is 2. The Balaban J connectivity index is 2.01. The predicted octanol–water partition coefficient (Wildman–Crippen LogP) is 2.95. The molecule has 0 unspecified atom stereocenters. The average molecular weight is 275 g/mol. The average Bonchev–Trinajstić information content (AvgIpc) is 3.04.